The Balaban J connectivity index is 2.68. The summed E-state index contributed by atoms with van der Waals surface area (Å²) >= 11 is 5.89. The first kappa shape index (κ1) is 8.47. The Bertz CT molecular complexity index is 435. The largest absolute Gasteiger partial charge is 0.321 e. The van der Waals surface area contributed by atoms with Crippen molar-refractivity contribution in [3.8, 4) is 0 Å². The second kappa shape index (κ2) is 2.97. The van der Waals surface area contributed by atoms with Gasteiger partial charge in [-0.3, -0.25) is 0 Å². The quantitative estimate of drug-likeness (QED) is 0.702. The van der Waals surface area contributed by atoms with Gasteiger partial charge in [-0.1, -0.05) is 17.7 Å². The summed E-state index contributed by atoms with van der Waals surface area (Å²) in [6, 6.07) is 5.26. The first-order valence-electron chi connectivity index (χ1n) is 3.95. The van der Waals surface area contributed by atoms with E-state index in [1.165, 1.54) is 0 Å². The molecule has 2 heterocycles. The second-order valence-electron chi connectivity index (χ2n) is 2.88. The molecule has 0 aliphatic rings. The Morgan fingerprint density at radius 1 is 1.54 bits per heavy atom. The van der Waals surface area contributed by atoms with Crippen molar-refractivity contribution >= 4 is 17.2 Å². The molecule has 2 N–H and O–H groups in total. The third-order valence-electron chi connectivity index (χ3n) is 1.74. The van der Waals surface area contributed by atoms with E-state index in [1.54, 1.807) is 10.6 Å². The molecule has 0 bridgehead atoms. The van der Waals surface area contributed by atoms with Crippen molar-refractivity contribution in [1.29, 1.82) is 0 Å². The number of hydrogen-bond donors (Lipinski definition) is 1. The summed E-state index contributed by atoms with van der Waals surface area (Å²) in [5.74, 6) is 0.605. The van der Waals surface area contributed by atoms with Crippen LogP contribution in [0.1, 0.15) is 18.8 Å². The molecule has 5 heteroatoms. The van der Waals surface area contributed by atoms with E-state index in [2.05, 4.69) is 10.1 Å². The molecule has 0 aromatic carbocycles. The minimum Gasteiger partial charge on any atom is -0.321 e. The number of aromatic nitrogens is 3. The number of halogens is 1. The topological polar surface area (TPSA) is 56.2 Å². The highest BCUT2D eigenvalue weighted by atomic mass is 35.5. The van der Waals surface area contributed by atoms with Crippen LogP contribution in [0.4, 0.5) is 0 Å². The Labute approximate surface area is 80.3 Å². The van der Waals surface area contributed by atoms with Crippen molar-refractivity contribution in [1.82, 2.24) is 14.6 Å². The van der Waals surface area contributed by atoms with Crippen LogP contribution in [-0.4, -0.2) is 14.6 Å². The van der Waals surface area contributed by atoms with Crippen molar-refractivity contribution in [2.75, 3.05) is 0 Å². The van der Waals surface area contributed by atoms with Gasteiger partial charge in [-0.2, -0.15) is 0 Å². The SMILES string of the molecule is CC(N)c1nc2cccc(Cl)n2n1. The van der Waals surface area contributed by atoms with Gasteiger partial charge in [0, 0.05) is 0 Å². The number of fused-ring (bicyclic) bond motifs is 1. The van der Waals surface area contributed by atoms with Gasteiger partial charge < -0.3 is 5.73 Å². The Morgan fingerprint density at radius 3 is 2.92 bits per heavy atom. The molecule has 0 aliphatic heterocycles. The molecular formula is C8H9ClN4. The van der Waals surface area contributed by atoms with Crippen molar-refractivity contribution in [2.24, 2.45) is 5.73 Å². The highest BCUT2D eigenvalue weighted by Crippen LogP contribution is 2.12. The van der Waals surface area contributed by atoms with Crippen LogP contribution in [0.15, 0.2) is 18.2 Å². The zero-order chi connectivity index (χ0) is 9.42. The molecule has 0 radical (unpaired) electrons. The van der Waals surface area contributed by atoms with Crippen molar-refractivity contribution in [3.63, 3.8) is 0 Å². The predicted molar refractivity (Wildman–Crippen MR) is 50.6 cm³/mol. The number of nitrogens with zero attached hydrogens (tertiary/aromatic N) is 3. The highest BCUT2D eigenvalue weighted by Gasteiger charge is 2.08. The highest BCUT2D eigenvalue weighted by molar-refractivity contribution is 6.29. The Morgan fingerprint density at radius 2 is 2.31 bits per heavy atom. The molecule has 0 amide bonds. The van der Waals surface area contributed by atoms with Crippen molar-refractivity contribution < 1.29 is 0 Å². The Kier molecular flexibility index (Phi) is 1.94. The van der Waals surface area contributed by atoms with Crippen LogP contribution in [0.25, 0.3) is 5.65 Å². The maximum atomic E-state index is 5.89. The second-order valence-corrected chi connectivity index (χ2v) is 3.26. The molecule has 2 rings (SSSR count). The minimum atomic E-state index is -0.170. The predicted octanol–water partition coefficient (Wildman–Crippen LogP) is 1.40. The number of pyridine rings is 1. The summed E-state index contributed by atoms with van der Waals surface area (Å²) in [6.07, 6.45) is 0. The van der Waals surface area contributed by atoms with E-state index in [0.717, 1.165) is 5.65 Å². The molecule has 1 unspecified atom stereocenters. The van der Waals surface area contributed by atoms with E-state index in [1.807, 2.05) is 19.1 Å². The van der Waals surface area contributed by atoms with Gasteiger partial charge >= 0.3 is 0 Å². The zero-order valence-corrected chi connectivity index (χ0v) is 7.86. The molecule has 2 aromatic rings. The third kappa shape index (κ3) is 1.38. The molecule has 0 saturated heterocycles. The monoisotopic (exact) mass is 196 g/mol. The van der Waals surface area contributed by atoms with Gasteiger partial charge in [0.25, 0.3) is 0 Å². The average molecular weight is 197 g/mol. The van der Waals surface area contributed by atoms with Gasteiger partial charge in [-0.05, 0) is 19.1 Å². The molecule has 4 nitrogen and oxygen atoms in total. The van der Waals surface area contributed by atoms with Crippen molar-refractivity contribution in [2.45, 2.75) is 13.0 Å². The lowest BCUT2D eigenvalue weighted by Crippen LogP contribution is -2.07. The first-order valence-corrected chi connectivity index (χ1v) is 4.33. The summed E-state index contributed by atoms with van der Waals surface area (Å²) in [4.78, 5) is 4.22. The number of nitrogens with two attached hydrogens (primary N) is 1. The van der Waals surface area contributed by atoms with Gasteiger partial charge in [0.05, 0.1) is 6.04 Å². The van der Waals surface area contributed by atoms with E-state index < -0.39 is 0 Å². The van der Waals surface area contributed by atoms with Gasteiger partial charge in [0.2, 0.25) is 0 Å². The minimum absolute atomic E-state index is 0.170. The van der Waals surface area contributed by atoms with E-state index in [-0.39, 0.29) is 6.04 Å². The van der Waals surface area contributed by atoms with Gasteiger partial charge in [-0.15, -0.1) is 5.10 Å². The maximum Gasteiger partial charge on any atom is 0.168 e. The molecular weight excluding hydrogens is 188 g/mol. The number of rotatable bonds is 1. The summed E-state index contributed by atoms with van der Waals surface area (Å²) in [5.41, 5.74) is 6.37. The maximum absolute atomic E-state index is 5.89. The third-order valence-corrected chi connectivity index (χ3v) is 2.02. The molecule has 2 aromatic heterocycles. The fraction of sp³-hybridized carbons (Fsp3) is 0.250. The van der Waals surface area contributed by atoms with E-state index >= 15 is 0 Å². The van der Waals surface area contributed by atoms with Crippen LogP contribution in [0.5, 0.6) is 0 Å². The standard InChI is InChI=1S/C8H9ClN4/c1-5(10)8-11-7-4-2-3-6(9)13(7)12-8/h2-5H,10H2,1H3. The molecule has 0 saturated carbocycles. The van der Waals surface area contributed by atoms with E-state index in [4.69, 9.17) is 17.3 Å². The van der Waals surface area contributed by atoms with Crippen LogP contribution >= 0.6 is 11.6 Å². The fourth-order valence-corrected chi connectivity index (χ4v) is 1.28. The average Bonchev–Trinajstić information content (AvgIpc) is 2.49. The van der Waals surface area contributed by atoms with Gasteiger partial charge in [0.15, 0.2) is 11.5 Å². The Hall–Kier alpha value is -1.13. The lowest BCUT2D eigenvalue weighted by Gasteiger charge is -1.94. The van der Waals surface area contributed by atoms with Crippen LogP contribution in [0.2, 0.25) is 5.15 Å². The summed E-state index contributed by atoms with van der Waals surface area (Å²) in [6.45, 7) is 1.84. The lowest BCUT2D eigenvalue weighted by atomic mass is 10.3. The normalized spacial score (nSPS) is 13.5. The first-order chi connectivity index (χ1) is 6.18. The zero-order valence-electron chi connectivity index (χ0n) is 7.11. The van der Waals surface area contributed by atoms with Crippen LogP contribution in [0, 0.1) is 0 Å². The fourth-order valence-electron chi connectivity index (χ4n) is 1.08. The van der Waals surface area contributed by atoms with Crippen LogP contribution in [-0.2, 0) is 0 Å². The van der Waals surface area contributed by atoms with Gasteiger partial charge in [-0.25, -0.2) is 9.50 Å². The number of hydrogen-bond acceptors (Lipinski definition) is 3. The summed E-state index contributed by atoms with van der Waals surface area (Å²) in [7, 11) is 0. The smallest absolute Gasteiger partial charge is 0.168 e. The molecule has 0 spiro atoms. The van der Waals surface area contributed by atoms with Crippen LogP contribution < -0.4 is 5.73 Å². The molecule has 13 heavy (non-hydrogen) atoms. The van der Waals surface area contributed by atoms with Crippen molar-refractivity contribution in [3.05, 3.63) is 29.2 Å². The van der Waals surface area contributed by atoms with Gasteiger partial charge in [0.1, 0.15) is 5.15 Å². The van der Waals surface area contributed by atoms with Crippen LogP contribution in [0.3, 0.4) is 0 Å². The molecule has 0 fully saturated rings. The molecule has 68 valence electrons. The summed E-state index contributed by atoms with van der Waals surface area (Å²) < 4.78 is 1.57. The van der Waals surface area contributed by atoms with E-state index in [0.29, 0.717) is 11.0 Å². The lowest BCUT2D eigenvalue weighted by molar-refractivity contribution is 0.734. The summed E-state index contributed by atoms with van der Waals surface area (Å²) in [5, 5.41) is 4.70. The van der Waals surface area contributed by atoms with E-state index in [9.17, 15) is 0 Å². The molecule has 0 aliphatic carbocycles. The molecule has 1 atom stereocenters.